The summed E-state index contributed by atoms with van der Waals surface area (Å²) in [6.45, 7) is 1.56. The Balaban J connectivity index is 1.88. The molecule has 2 heterocycles. The van der Waals surface area contributed by atoms with Crippen LogP contribution in [0.5, 0.6) is 0 Å². The largest absolute Gasteiger partial charge is 0.466 e. The third kappa shape index (κ3) is 4.30. The smallest absolute Gasteiger partial charge is 0.338 e. The molecule has 0 aliphatic carbocycles. The monoisotopic (exact) mass is 390 g/mol. The number of carbonyl (C=O) groups excluding carboxylic acids is 3. The maximum Gasteiger partial charge on any atom is 0.338 e. The number of methoxy groups -OCH3 is 1. The van der Waals surface area contributed by atoms with Crippen molar-refractivity contribution < 1.29 is 23.5 Å². The molecule has 0 unspecified atom stereocenters. The number of rotatable bonds is 5. The Labute approximate surface area is 161 Å². The van der Waals surface area contributed by atoms with Gasteiger partial charge in [0.2, 0.25) is 5.91 Å². The molecule has 8 nitrogen and oxygen atoms in total. The van der Waals surface area contributed by atoms with E-state index in [0.717, 1.165) is 0 Å². The first-order chi connectivity index (χ1) is 13.4. The summed E-state index contributed by atoms with van der Waals surface area (Å²) in [4.78, 5) is 38.1. The predicted molar refractivity (Wildman–Crippen MR) is 98.2 cm³/mol. The Morgan fingerprint density at radius 3 is 2.46 bits per heavy atom. The molecule has 1 fully saturated rings. The fraction of sp³-hybridized carbons (Fsp3) is 0.421. The molecule has 0 spiro atoms. The van der Waals surface area contributed by atoms with Crippen LogP contribution in [0.15, 0.2) is 35.5 Å². The number of benzene rings is 1. The molecule has 1 saturated heterocycles. The van der Waals surface area contributed by atoms with Crippen LogP contribution in [0.2, 0.25) is 0 Å². The Kier molecular flexibility index (Phi) is 5.93. The van der Waals surface area contributed by atoms with Crippen molar-refractivity contribution in [2.75, 3.05) is 26.7 Å². The van der Waals surface area contributed by atoms with E-state index in [1.54, 1.807) is 0 Å². The van der Waals surface area contributed by atoms with E-state index < -0.39 is 23.9 Å². The van der Waals surface area contributed by atoms with E-state index in [0.29, 0.717) is 43.7 Å². The maximum atomic E-state index is 13.3. The lowest BCUT2D eigenvalue weighted by molar-refractivity contribution is -0.136. The Morgan fingerprint density at radius 1 is 1.25 bits per heavy atom. The van der Waals surface area contributed by atoms with Crippen molar-refractivity contribution in [3.05, 3.63) is 46.9 Å². The summed E-state index contributed by atoms with van der Waals surface area (Å²) in [5.41, 5.74) is 6.64. The first-order valence-electron chi connectivity index (χ1n) is 9.05. The molecule has 0 radical (unpaired) electrons. The van der Waals surface area contributed by atoms with Crippen LogP contribution in [0, 0.1) is 11.7 Å². The minimum Gasteiger partial charge on any atom is -0.466 e. The van der Waals surface area contributed by atoms with E-state index in [2.05, 4.69) is 10.6 Å². The second-order valence-corrected chi connectivity index (χ2v) is 6.92. The molecule has 1 aromatic carbocycles. The van der Waals surface area contributed by atoms with Gasteiger partial charge in [0, 0.05) is 18.2 Å². The van der Waals surface area contributed by atoms with Crippen LogP contribution in [-0.4, -0.2) is 49.6 Å². The number of esters is 1. The van der Waals surface area contributed by atoms with Gasteiger partial charge in [0.25, 0.3) is 0 Å². The molecule has 3 amide bonds. The quantitative estimate of drug-likeness (QED) is 0.644. The van der Waals surface area contributed by atoms with Gasteiger partial charge in [-0.2, -0.15) is 0 Å². The van der Waals surface area contributed by atoms with Crippen molar-refractivity contribution in [2.24, 2.45) is 11.7 Å². The van der Waals surface area contributed by atoms with Crippen LogP contribution < -0.4 is 16.4 Å². The van der Waals surface area contributed by atoms with E-state index >= 15 is 0 Å². The number of ether oxygens (including phenoxy) is 1. The van der Waals surface area contributed by atoms with Crippen LogP contribution in [0.3, 0.4) is 0 Å². The lowest BCUT2D eigenvalue weighted by atomic mass is 9.93. The summed E-state index contributed by atoms with van der Waals surface area (Å²) in [5.74, 6) is -1.45. The van der Waals surface area contributed by atoms with Crippen LogP contribution in [0.4, 0.5) is 9.18 Å². The number of likely N-dealkylation sites (tertiary alicyclic amines) is 1. The van der Waals surface area contributed by atoms with Crippen LogP contribution >= 0.6 is 0 Å². The van der Waals surface area contributed by atoms with Gasteiger partial charge >= 0.3 is 12.0 Å². The number of carbonyl (C=O) groups is 3. The van der Waals surface area contributed by atoms with Crippen LogP contribution in [-0.2, 0) is 14.3 Å². The van der Waals surface area contributed by atoms with Gasteiger partial charge in [-0.15, -0.1) is 0 Å². The van der Waals surface area contributed by atoms with Gasteiger partial charge in [-0.05, 0) is 43.6 Å². The third-order valence-corrected chi connectivity index (χ3v) is 5.13. The number of urea groups is 1. The van der Waals surface area contributed by atoms with Gasteiger partial charge in [-0.3, -0.25) is 9.69 Å². The predicted octanol–water partition coefficient (Wildman–Crippen LogP) is 0.804. The van der Waals surface area contributed by atoms with Crippen molar-refractivity contribution in [1.29, 1.82) is 0 Å². The zero-order chi connectivity index (χ0) is 20.3. The number of primary amides is 1. The summed E-state index contributed by atoms with van der Waals surface area (Å²) < 4.78 is 18.2. The van der Waals surface area contributed by atoms with E-state index in [4.69, 9.17) is 10.5 Å². The highest BCUT2D eigenvalue weighted by Crippen LogP contribution is 2.29. The Hall–Kier alpha value is -2.94. The molecular formula is C19H23FN4O4. The van der Waals surface area contributed by atoms with Gasteiger partial charge in [-0.25, -0.2) is 14.0 Å². The fourth-order valence-electron chi connectivity index (χ4n) is 3.60. The topological polar surface area (TPSA) is 114 Å². The number of nitrogens with zero attached hydrogens (tertiary/aromatic N) is 1. The van der Waals surface area contributed by atoms with E-state index in [1.165, 1.54) is 31.4 Å². The first kappa shape index (κ1) is 19.8. The lowest BCUT2D eigenvalue weighted by Gasteiger charge is -2.34. The lowest BCUT2D eigenvalue weighted by Crippen LogP contribution is -2.49. The van der Waals surface area contributed by atoms with Crippen molar-refractivity contribution >= 4 is 17.9 Å². The van der Waals surface area contributed by atoms with Gasteiger partial charge < -0.3 is 21.1 Å². The Bertz CT molecular complexity index is 801. The Morgan fingerprint density at radius 2 is 1.89 bits per heavy atom. The highest BCUT2D eigenvalue weighted by atomic mass is 19.1. The molecule has 1 aromatic rings. The number of nitrogens with two attached hydrogens (primary N) is 1. The second-order valence-electron chi connectivity index (χ2n) is 6.92. The molecule has 2 aliphatic rings. The summed E-state index contributed by atoms with van der Waals surface area (Å²) in [5, 5.41) is 5.39. The average molecular weight is 390 g/mol. The molecule has 2 aliphatic heterocycles. The molecule has 9 heteroatoms. The zero-order valence-corrected chi connectivity index (χ0v) is 15.5. The highest BCUT2D eigenvalue weighted by molar-refractivity contribution is 5.95. The minimum atomic E-state index is -0.750. The van der Waals surface area contributed by atoms with Gasteiger partial charge in [-0.1, -0.05) is 12.1 Å². The first-order valence-corrected chi connectivity index (χ1v) is 9.05. The molecule has 0 bridgehead atoms. The zero-order valence-electron chi connectivity index (χ0n) is 15.5. The molecule has 0 aromatic heterocycles. The molecule has 0 saturated carbocycles. The summed E-state index contributed by atoms with van der Waals surface area (Å²) in [7, 11) is 1.27. The molecule has 3 rings (SSSR count). The van der Waals surface area contributed by atoms with Gasteiger partial charge in [0.05, 0.1) is 18.7 Å². The van der Waals surface area contributed by atoms with Crippen LogP contribution in [0.25, 0.3) is 0 Å². The number of amides is 3. The van der Waals surface area contributed by atoms with Crippen LogP contribution in [0.1, 0.15) is 24.4 Å². The van der Waals surface area contributed by atoms with Crippen molar-refractivity contribution in [3.8, 4) is 0 Å². The SMILES string of the molecule is COC(=O)C1=C(CN2CCC(C(N)=O)CC2)NC(=O)N[C@@H]1c1ccc(F)cc1. The number of hydrogen-bond donors (Lipinski definition) is 3. The van der Waals surface area contributed by atoms with Crippen molar-refractivity contribution in [3.63, 3.8) is 0 Å². The molecule has 150 valence electrons. The molecule has 4 N–H and O–H groups in total. The third-order valence-electron chi connectivity index (χ3n) is 5.13. The minimum absolute atomic E-state index is 0.153. The summed E-state index contributed by atoms with van der Waals surface area (Å²) in [6, 6.07) is 4.37. The van der Waals surface area contributed by atoms with Crippen molar-refractivity contribution in [1.82, 2.24) is 15.5 Å². The standard InChI is InChI=1S/C19H23FN4O4/c1-28-18(26)15-14(10-24-8-6-12(7-9-24)17(21)25)22-19(27)23-16(15)11-2-4-13(20)5-3-11/h2-5,12,16H,6-10H2,1H3,(H2,21,25)(H2,22,23,27)/t16-/m1/s1. The van der Waals surface area contributed by atoms with E-state index in [1.807, 2.05) is 4.90 Å². The molecule has 28 heavy (non-hydrogen) atoms. The second kappa shape index (κ2) is 8.39. The van der Waals surface area contributed by atoms with E-state index in [9.17, 15) is 18.8 Å². The van der Waals surface area contributed by atoms with Crippen molar-refractivity contribution in [2.45, 2.75) is 18.9 Å². The summed E-state index contributed by atoms with van der Waals surface area (Å²) in [6.07, 6.45) is 1.26. The van der Waals surface area contributed by atoms with Gasteiger partial charge in [0.1, 0.15) is 5.82 Å². The van der Waals surface area contributed by atoms with Gasteiger partial charge in [0.15, 0.2) is 0 Å². The van der Waals surface area contributed by atoms with E-state index in [-0.39, 0.29) is 17.4 Å². The number of nitrogens with one attached hydrogen (secondary N) is 2. The highest BCUT2D eigenvalue weighted by Gasteiger charge is 2.34. The molecule has 1 atom stereocenters. The normalized spacial score (nSPS) is 21.1. The number of hydrogen-bond acceptors (Lipinski definition) is 5. The maximum absolute atomic E-state index is 13.3. The number of piperidine rings is 1. The number of halogens is 1. The summed E-state index contributed by atoms with van der Waals surface area (Å²) >= 11 is 0. The average Bonchev–Trinajstić information content (AvgIpc) is 2.68. The molecular weight excluding hydrogens is 367 g/mol. The fourth-order valence-corrected chi connectivity index (χ4v) is 3.60.